The van der Waals surface area contributed by atoms with Crippen molar-refractivity contribution in [1.29, 1.82) is 0 Å². The van der Waals surface area contributed by atoms with Crippen molar-refractivity contribution < 1.29 is 9.59 Å². The fourth-order valence-electron chi connectivity index (χ4n) is 5.98. The van der Waals surface area contributed by atoms with Crippen LogP contribution in [0.15, 0.2) is 60.7 Å². The van der Waals surface area contributed by atoms with Gasteiger partial charge in [0.05, 0.1) is 27.6 Å². The van der Waals surface area contributed by atoms with Crippen LogP contribution in [0.4, 0.5) is 5.69 Å². The Kier molecular flexibility index (Phi) is 4.34. The molecule has 3 aliphatic carbocycles. The molecular weight excluding hydrogens is 441 g/mol. The number of halogens is 2. The van der Waals surface area contributed by atoms with Gasteiger partial charge in [-0.15, -0.1) is 0 Å². The van der Waals surface area contributed by atoms with Gasteiger partial charge in [-0.1, -0.05) is 79.5 Å². The van der Waals surface area contributed by atoms with Crippen LogP contribution in [0.2, 0.25) is 10.0 Å². The molecule has 4 atom stereocenters. The average Bonchev–Trinajstić information content (AvgIpc) is 3.06. The standard InChI is InChI=1S/C27H21Cl2NO2/c1-13(2)14-7-9-18-19(11-14)23-17-6-4-3-5-16(17)22(18)24-25(23)27(32)30(26(24)31)15-8-10-20(28)21(29)12-15/h3-13,22-25H,1-2H3/t22-,23-,24+,25-/m1/s1. The molecule has 7 rings (SSSR count). The number of nitrogens with zero attached hydrogens (tertiary/aromatic N) is 1. The predicted molar refractivity (Wildman–Crippen MR) is 127 cm³/mol. The van der Waals surface area contributed by atoms with Crippen molar-refractivity contribution in [3.05, 3.63) is 98.5 Å². The molecule has 3 aromatic carbocycles. The first-order chi connectivity index (χ1) is 15.4. The molecule has 160 valence electrons. The van der Waals surface area contributed by atoms with E-state index in [4.69, 9.17) is 23.2 Å². The van der Waals surface area contributed by atoms with Gasteiger partial charge in [0.2, 0.25) is 11.8 Å². The normalized spacial score (nSPS) is 25.2. The highest BCUT2D eigenvalue weighted by atomic mass is 35.5. The third-order valence-corrected chi connectivity index (χ3v) is 8.13. The molecule has 2 amide bonds. The summed E-state index contributed by atoms with van der Waals surface area (Å²) in [6.07, 6.45) is 0. The molecule has 0 saturated carbocycles. The van der Waals surface area contributed by atoms with E-state index in [-0.39, 0.29) is 23.7 Å². The first-order valence-corrected chi connectivity index (χ1v) is 11.7. The average molecular weight is 462 g/mol. The van der Waals surface area contributed by atoms with E-state index in [1.165, 1.54) is 32.7 Å². The molecule has 0 radical (unpaired) electrons. The summed E-state index contributed by atoms with van der Waals surface area (Å²) in [5.74, 6) is -0.979. The first-order valence-electron chi connectivity index (χ1n) is 10.9. The van der Waals surface area contributed by atoms with Crippen molar-refractivity contribution in [3.63, 3.8) is 0 Å². The van der Waals surface area contributed by atoms with Crippen LogP contribution >= 0.6 is 23.2 Å². The van der Waals surface area contributed by atoms with Crippen molar-refractivity contribution >= 4 is 40.7 Å². The highest BCUT2D eigenvalue weighted by Gasteiger charge is 2.61. The van der Waals surface area contributed by atoms with Crippen LogP contribution in [-0.2, 0) is 9.59 Å². The van der Waals surface area contributed by atoms with Crippen LogP contribution in [0, 0.1) is 11.8 Å². The lowest BCUT2D eigenvalue weighted by Crippen LogP contribution is -2.41. The highest BCUT2D eigenvalue weighted by Crippen LogP contribution is 2.61. The Balaban J connectivity index is 1.55. The lowest BCUT2D eigenvalue weighted by Gasteiger charge is -2.46. The molecule has 3 nitrogen and oxygen atoms in total. The largest absolute Gasteiger partial charge is 0.274 e. The fraction of sp³-hybridized carbons (Fsp3) is 0.259. The lowest BCUT2D eigenvalue weighted by atomic mass is 9.54. The Morgan fingerprint density at radius 2 is 1.31 bits per heavy atom. The smallest absolute Gasteiger partial charge is 0.238 e. The molecule has 1 aliphatic heterocycles. The minimum Gasteiger partial charge on any atom is -0.274 e. The predicted octanol–water partition coefficient (Wildman–Crippen LogP) is 6.51. The number of carbonyl (C=O) groups is 2. The van der Waals surface area contributed by atoms with Gasteiger partial charge in [-0.25, -0.2) is 4.90 Å². The zero-order valence-electron chi connectivity index (χ0n) is 17.7. The number of hydrogen-bond acceptors (Lipinski definition) is 2. The van der Waals surface area contributed by atoms with E-state index in [0.717, 1.165) is 0 Å². The number of carbonyl (C=O) groups excluding carboxylic acids is 2. The monoisotopic (exact) mass is 461 g/mol. The summed E-state index contributed by atoms with van der Waals surface area (Å²) < 4.78 is 0. The van der Waals surface area contributed by atoms with Crippen molar-refractivity contribution in [2.45, 2.75) is 31.6 Å². The van der Waals surface area contributed by atoms with Gasteiger partial charge in [0, 0.05) is 11.8 Å². The minimum absolute atomic E-state index is 0.123. The second-order valence-electron chi connectivity index (χ2n) is 9.29. The summed E-state index contributed by atoms with van der Waals surface area (Å²) in [5, 5.41) is 0.726. The lowest BCUT2D eigenvalue weighted by molar-refractivity contribution is -0.122. The van der Waals surface area contributed by atoms with E-state index >= 15 is 0 Å². The molecule has 1 fully saturated rings. The quantitative estimate of drug-likeness (QED) is 0.407. The van der Waals surface area contributed by atoms with Crippen LogP contribution in [-0.4, -0.2) is 11.8 Å². The van der Waals surface area contributed by atoms with Crippen LogP contribution in [0.3, 0.4) is 0 Å². The Labute approximate surface area is 197 Å². The minimum atomic E-state index is -0.410. The van der Waals surface area contributed by atoms with Crippen LogP contribution in [0.25, 0.3) is 0 Å². The number of hydrogen-bond donors (Lipinski definition) is 0. The Morgan fingerprint density at radius 3 is 1.91 bits per heavy atom. The van der Waals surface area contributed by atoms with E-state index in [9.17, 15) is 9.59 Å². The summed E-state index contributed by atoms with van der Waals surface area (Å²) in [6.45, 7) is 4.35. The number of rotatable bonds is 2. The van der Waals surface area contributed by atoms with Crippen molar-refractivity contribution in [2.75, 3.05) is 4.90 Å². The molecule has 1 heterocycles. The first kappa shape index (κ1) is 20.0. The van der Waals surface area contributed by atoms with Gasteiger partial charge in [0.25, 0.3) is 0 Å². The Bertz CT molecular complexity index is 1310. The molecule has 4 aliphatic rings. The SMILES string of the molecule is CC(C)c1ccc2c(c1)[C@H]1c3ccccc3[C@H]2[C@@H]2C(=O)N(c3ccc(Cl)c(Cl)c3)C(=O)[C@H]12. The van der Waals surface area contributed by atoms with Crippen molar-refractivity contribution in [2.24, 2.45) is 11.8 Å². The van der Waals surface area contributed by atoms with E-state index in [1.54, 1.807) is 18.2 Å². The molecule has 0 aromatic heterocycles. The third-order valence-electron chi connectivity index (χ3n) is 7.39. The van der Waals surface area contributed by atoms with E-state index in [2.05, 4.69) is 44.2 Å². The van der Waals surface area contributed by atoms with Gasteiger partial charge < -0.3 is 0 Å². The van der Waals surface area contributed by atoms with Gasteiger partial charge in [-0.05, 0) is 51.9 Å². The molecule has 3 aromatic rings. The number of imide groups is 1. The molecule has 32 heavy (non-hydrogen) atoms. The second kappa shape index (κ2) is 6.94. The van der Waals surface area contributed by atoms with E-state index in [0.29, 0.717) is 21.7 Å². The highest BCUT2D eigenvalue weighted by molar-refractivity contribution is 6.42. The maximum Gasteiger partial charge on any atom is 0.238 e. The Hall–Kier alpha value is -2.62. The summed E-state index contributed by atoms with van der Waals surface area (Å²) in [7, 11) is 0. The van der Waals surface area contributed by atoms with Crippen LogP contribution in [0.1, 0.15) is 59.4 Å². The number of benzene rings is 3. The third kappa shape index (κ3) is 2.55. The van der Waals surface area contributed by atoms with Gasteiger partial charge in [-0.2, -0.15) is 0 Å². The van der Waals surface area contributed by atoms with Gasteiger partial charge in [0.1, 0.15) is 0 Å². The Morgan fingerprint density at radius 1 is 0.719 bits per heavy atom. The van der Waals surface area contributed by atoms with Gasteiger partial charge in [0.15, 0.2) is 0 Å². The van der Waals surface area contributed by atoms with Crippen molar-refractivity contribution in [1.82, 2.24) is 0 Å². The summed E-state index contributed by atoms with van der Waals surface area (Å²) >= 11 is 12.3. The summed E-state index contributed by atoms with van der Waals surface area (Å²) in [6, 6.07) is 19.8. The van der Waals surface area contributed by atoms with E-state index in [1.807, 2.05) is 12.1 Å². The summed E-state index contributed by atoms with van der Waals surface area (Å²) in [5.41, 5.74) is 6.45. The zero-order chi connectivity index (χ0) is 22.3. The fourth-order valence-corrected chi connectivity index (χ4v) is 6.28. The van der Waals surface area contributed by atoms with Gasteiger partial charge in [-0.3, -0.25) is 9.59 Å². The van der Waals surface area contributed by atoms with Gasteiger partial charge >= 0.3 is 0 Å². The molecule has 0 unspecified atom stereocenters. The number of anilines is 1. The molecular formula is C27H21Cl2NO2. The maximum atomic E-state index is 13.8. The number of amides is 2. The molecule has 1 saturated heterocycles. The van der Waals surface area contributed by atoms with E-state index < -0.39 is 11.8 Å². The summed E-state index contributed by atoms with van der Waals surface area (Å²) in [4.78, 5) is 28.9. The van der Waals surface area contributed by atoms with Crippen LogP contribution < -0.4 is 4.90 Å². The van der Waals surface area contributed by atoms with Crippen LogP contribution in [0.5, 0.6) is 0 Å². The topological polar surface area (TPSA) is 37.4 Å². The van der Waals surface area contributed by atoms with Crippen molar-refractivity contribution in [3.8, 4) is 0 Å². The molecule has 0 N–H and O–H groups in total. The molecule has 2 bridgehead atoms. The second-order valence-corrected chi connectivity index (χ2v) is 10.1. The molecule has 5 heteroatoms. The zero-order valence-corrected chi connectivity index (χ0v) is 19.2. The molecule has 0 spiro atoms. The maximum absolute atomic E-state index is 13.8.